The van der Waals surface area contributed by atoms with Crippen LogP contribution in [0.3, 0.4) is 0 Å². The van der Waals surface area contributed by atoms with Crippen LogP contribution in [-0.2, 0) is 0 Å². The number of nitrogens with one attached hydrogen (secondary N) is 1. The van der Waals surface area contributed by atoms with Crippen LogP contribution in [0.15, 0.2) is 24.3 Å². The minimum atomic E-state index is 0.548. The zero-order chi connectivity index (χ0) is 12.5. The van der Waals surface area contributed by atoms with Crippen LogP contribution in [0.4, 0.5) is 0 Å². The van der Waals surface area contributed by atoms with E-state index < -0.39 is 0 Å². The van der Waals surface area contributed by atoms with Crippen LogP contribution in [0.1, 0.15) is 43.4 Å². The van der Waals surface area contributed by atoms with Crippen molar-refractivity contribution < 1.29 is 0 Å². The van der Waals surface area contributed by atoms with E-state index >= 15 is 0 Å². The molecule has 0 amide bonds. The lowest BCUT2D eigenvalue weighted by Gasteiger charge is -2.30. The maximum Gasteiger partial charge on any atom is 0.0320 e. The van der Waals surface area contributed by atoms with Gasteiger partial charge in [0.05, 0.1) is 0 Å². The van der Waals surface area contributed by atoms with Gasteiger partial charge in [-0.3, -0.25) is 4.90 Å². The highest BCUT2D eigenvalue weighted by Crippen LogP contribution is 2.27. The summed E-state index contributed by atoms with van der Waals surface area (Å²) in [7, 11) is 0. The smallest absolute Gasteiger partial charge is 0.0320 e. The quantitative estimate of drug-likeness (QED) is 0.860. The Morgan fingerprint density at radius 1 is 1.11 bits per heavy atom. The van der Waals surface area contributed by atoms with Gasteiger partial charge in [-0.1, -0.05) is 29.8 Å². The van der Waals surface area contributed by atoms with Gasteiger partial charge in [0.2, 0.25) is 0 Å². The third-order valence-electron chi connectivity index (χ3n) is 4.66. The molecule has 2 aliphatic heterocycles. The van der Waals surface area contributed by atoms with Crippen molar-refractivity contribution in [1.82, 2.24) is 10.2 Å². The van der Waals surface area contributed by atoms with Gasteiger partial charge in [0.15, 0.2) is 0 Å². The average Bonchev–Trinajstić information content (AvgIpc) is 2.69. The largest absolute Gasteiger partial charge is 0.310 e. The van der Waals surface area contributed by atoms with E-state index in [0.717, 1.165) is 12.1 Å². The molecule has 2 heteroatoms. The predicted octanol–water partition coefficient (Wildman–Crippen LogP) is 2.88. The number of fused-ring (bicyclic) bond motifs is 2. The van der Waals surface area contributed by atoms with Gasteiger partial charge in [-0.2, -0.15) is 0 Å². The Balaban J connectivity index is 1.71. The Hall–Kier alpha value is -0.860. The molecular formula is C16H24N2. The number of nitrogens with zero attached hydrogens (tertiary/aromatic N) is 1. The zero-order valence-corrected chi connectivity index (χ0v) is 11.5. The van der Waals surface area contributed by atoms with Crippen LogP contribution < -0.4 is 5.32 Å². The van der Waals surface area contributed by atoms with Crippen molar-refractivity contribution in [2.45, 2.75) is 51.2 Å². The number of rotatable bonds is 2. The van der Waals surface area contributed by atoms with Crippen LogP contribution in [0.2, 0.25) is 0 Å². The number of aryl methyl sites for hydroxylation is 1. The summed E-state index contributed by atoms with van der Waals surface area (Å²) < 4.78 is 0. The van der Waals surface area contributed by atoms with Gasteiger partial charge in [-0.25, -0.2) is 0 Å². The molecule has 0 aliphatic carbocycles. The van der Waals surface area contributed by atoms with Crippen molar-refractivity contribution in [2.75, 3.05) is 13.1 Å². The van der Waals surface area contributed by atoms with Gasteiger partial charge in [-0.15, -0.1) is 0 Å². The van der Waals surface area contributed by atoms with E-state index in [-0.39, 0.29) is 0 Å². The molecule has 2 aliphatic rings. The standard InChI is InChI=1S/C16H24N2/c1-12-3-5-14(6-4-12)13(2)18-10-9-15-7-8-16(11-18)17-15/h3-6,13,15-17H,7-11H2,1-2H3. The van der Waals surface area contributed by atoms with E-state index in [1.54, 1.807) is 0 Å². The number of hydrogen-bond acceptors (Lipinski definition) is 2. The lowest BCUT2D eigenvalue weighted by Crippen LogP contribution is -2.36. The van der Waals surface area contributed by atoms with Gasteiger partial charge in [0.1, 0.15) is 0 Å². The molecule has 2 bridgehead atoms. The molecule has 0 saturated carbocycles. The maximum absolute atomic E-state index is 3.76. The first-order valence-corrected chi connectivity index (χ1v) is 7.29. The van der Waals surface area contributed by atoms with Gasteiger partial charge in [0, 0.05) is 31.2 Å². The molecule has 0 spiro atoms. The number of hydrogen-bond donors (Lipinski definition) is 1. The molecule has 2 saturated heterocycles. The minimum Gasteiger partial charge on any atom is -0.310 e. The van der Waals surface area contributed by atoms with E-state index in [9.17, 15) is 0 Å². The summed E-state index contributed by atoms with van der Waals surface area (Å²) in [5.41, 5.74) is 2.81. The summed E-state index contributed by atoms with van der Waals surface area (Å²) >= 11 is 0. The molecule has 3 atom stereocenters. The summed E-state index contributed by atoms with van der Waals surface area (Å²) in [6.07, 6.45) is 4.06. The van der Waals surface area contributed by atoms with Crippen LogP contribution in [-0.4, -0.2) is 30.1 Å². The Morgan fingerprint density at radius 3 is 2.61 bits per heavy atom. The number of likely N-dealkylation sites (tertiary alicyclic amines) is 1. The zero-order valence-electron chi connectivity index (χ0n) is 11.5. The SMILES string of the molecule is Cc1ccc(C(C)N2CCC3CCC(C2)N3)cc1. The summed E-state index contributed by atoms with van der Waals surface area (Å²) in [4.78, 5) is 2.65. The van der Waals surface area contributed by atoms with Crippen molar-refractivity contribution >= 4 is 0 Å². The van der Waals surface area contributed by atoms with Crippen LogP contribution in [0.25, 0.3) is 0 Å². The van der Waals surface area contributed by atoms with E-state index in [1.165, 1.54) is 43.5 Å². The summed E-state index contributed by atoms with van der Waals surface area (Å²) in [6.45, 7) is 6.96. The fourth-order valence-corrected chi connectivity index (χ4v) is 3.38. The Bertz CT molecular complexity index is 398. The molecule has 2 fully saturated rings. The van der Waals surface area contributed by atoms with E-state index in [0.29, 0.717) is 6.04 Å². The highest BCUT2D eigenvalue weighted by Gasteiger charge is 2.31. The van der Waals surface area contributed by atoms with Crippen molar-refractivity contribution in [3.05, 3.63) is 35.4 Å². The Labute approximate surface area is 110 Å². The minimum absolute atomic E-state index is 0.548. The first-order valence-electron chi connectivity index (χ1n) is 7.29. The maximum atomic E-state index is 3.76. The Kier molecular flexibility index (Phi) is 3.40. The molecule has 2 heterocycles. The van der Waals surface area contributed by atoms with Crippen molar-refractivity contribution in [1.29, 1.82) is 0 Å². The average molecular weight is 244 g/mol. The molecular weight excluding hydrogens is 220 g/mol. The van der Waals surface area contributed by atoms with Gasteiger partial charge in [0.25, 0.3) is 0 Å². The van der Waals surface area contributed by atoms with Crippen LogP contribution in [0.5, 0.6) is 0 Å². The van der Waals surface area contributed by atoms with E-state index in [1.807, 2.05) is 0 Å². The molecule has 2 nitrogen and oxygen atoms in total. The molecule has 3 unspecified atom stereocenters. The Morgan fingerprint density at radius 2 is 1.83 bits per heavy atom. The second-order valence-corrected chi connectivity index (χ2v) is 6.01. The van der Waals surface area contributed by atoms with Crippen LogP contribution >= 0.6 is 0 Å². The lowest BCUT2D eigenvalue weighted by atomic mass is 10.0. The highest BCUT2D eigenvalue weighted by atomic mass is 15.2. The van der Waals surface area contributed by atoms with Gasteiger partial charge in [-0.05, 0) is 38.7 Å². The molecule has 18 heavy (non-hydrogen) atoms. The van der Waals surface area contributed by atoms with Crippen molar-refractivity contribution in [3.8, 4) is 0 Å². The molecule has 0 aromatic heterocycles. The fraction of sp³-hybridized carbons (Fsp3) is 0.625. The molecule has 3 rings (SSSR count). The third-order valence-corrected chi connectivity index (χ3v) is 4.66. The molecule has 0 radical (unpaired) electrons. The molecule has 1 N–H and O–H groups in total. The summed E-state index contributed by atoms with van der Waals surface area (Å²) in [5.74, 6) is 0. The van der Waals surface area contributed by atoms with Crippen molar-refractivity contribution in [2.24, 2.45) is 0 Å². The molecule has 1 aromatic rings. The summed E-state index contributed by atoms with van der Waals surface area (Å²) in [5, 5.41) is 3.76. The summed E-state index contributed by atoms with van der Waals surface area (Å²) in [6, 6.07) is 11.1. The van der Waals surface area contributed by atoms with Crippen LogP contribution in [0, 0.1) is 6.92 Å². The molecule has 1 aromatic carbocycles. The fourth-order valence-electron chi connectivity index (χ4n) is 3.38. The first-order chi connectivity index (χ1) is 8.72. The monoisotopic (exact) mass is 244 g/mol. The second-order valence-electron chi connectivity index (χ2n) is 6.01. The number of benzene rings is 1. The highest BCUT2D eigenvalue weighted by molar-refractivity contribution is 5.24. The van der Waals surface area contributed by atoms with Gasteiger partial charge < -0.3 is 5.32 Å². The van der Waals surface area contributed by atoms with Crippen molar-refractivity contribution in [3.63, 3.8) is 0 Å². The topological polar surface area (TPSA) is 15.3 Å². The second kappa shape index (κ2) is 5.02. The van der Waals surface area contributed by atoms with E-state index in [2.05, 4.69) is 48.3 Å². The van der Waals surface area contributed by atoms with Gasteiger partial charge >= 0.3 is 0 Å². The molecule has 98 valence electrons. The predicted molar refractivity (Wildman–Crippen MR) is 75.7 cm³/mol. The first kappa shape index (κ1) is 12.2. The van der Waals surface area contributed by atoms with E-state index in [4.69, 9.17) is 0 Å². The third kappa shape index (κ3) is 2.45. The normalized spacial score (nSPS) is 30.1. The lowest BCUT2D eigenvalue weighted by molar-refractivity contribution is 0.200.